The molecule has 4 nitrogen and oxygen atoms in total. The molecule has 0 aromatic carbocycles. The van der Waals surface area contributed by atoms with Gasteiger partial charge in [-0.25, -0.2) is 9.97 Å². The number of aromatic nitrogens is 2. The summed E-state index contributed by atoms with van der Waals surface area (Å²) in [4.78, 5) is 11.6. The van der Waals surface area contributed by atoms with Crippen LogP contribution in [0, 0.1) is 0 Å². The lowest BCUT2D eigenvalue weighted by molar-refractivity contribution is 0.678. The Morgan fingerprint density at radius 3 is 2.84 bits per heavy atom. The summed E-state index contributed by atoms with van der Waals surface area (Å²) in [5, 5.41) is 3.38. The third-order valence-corrected chi connectivity index (χ3v) is 3.32. The average Bonchev–Trinajstić information content (AvgIpc) is 2.45. The van der Waals surface area contributed by atoms with Gasteiger partial charge in [-0.1, -0.05) is 32.9 Å². The fourth-order valence-electron chi connectivity index (χ4n) is 2.20. The van der Waals surface area contributed by atoms with Gasteiger partial charge < -0.3 is 10.2 Å². The van der Waals surface area contributed by atoms with Crippen molar-refractivity contribution in [3.05, 3.63) is 29.9 Å². The summed E-state index contributed by atoms with van der Waals surface area (Å²) in [6.45, 7) is 10.2. The average molecular weight is 260 g/mol. The van der Waals surface area contributed by atoms with E-state index in [-0.39, 0.29) is 0 Å². The Hall–Kier alpha value is -1.42. The van der Waals surface area contributed by atoms with Crippen LogP contribution in [0.5, 0.6) is 0 Å². The van der Waals surface area contributed by atoms with Gasteiger partial charge >= 0.3 is 0 Å². The maximum Gasteiger partial charge on any atom is 0.131 e. The van der Waals surface area contributed by atoms with Gasteiger partial charge in [0, 0.05) is 25.6 Å². The van der Waals surface area contributed by atoms with Gasteiger partial charge in [-0.3, -0.25) is 0 Å². The van der Waals surface area contributed by atoms with Gasteiger partial charge in [-0.15, -0.1) is 0 Å². The molecule has 0 radical (unpaired) electrons. The summed E-state index contributed by atoms with van der Waals surface area (Å²) in [5.41, 5.74) is 2.30. The molecule has 2 heterocycles. The fourth-order valence-corrected chi connectivity index (χ4v) is 2.20. The zero-order valence-electron chi connectivity index (χ0n) is 12.2. The van der Waals surface area contributed by atoms with Crippen molar-refractivity contribution in [2.75, 3.05) is 24.5 Å². The second kappa shape index (κ2) is 6.66. The van der Waals surface area contributed by atoms with E-state index in [2.05, 4.69) is 48.1 Å². The minimum atomic E-state index is 0.371. The molecule has 2 rings (SSSR count). The molecule has 0 saturated carbocycles. The van der Waals surface area contributed by atoms with E-state index in [1.165, 1.54) is 5.69 Å². The van der Waals surface area contributed by atoms with Gasteiger partial charge in [-0.05, 0) is 13.0 Å². The summed E-state index contributed by atoms with van der Waals surface area (Å²) in [6, 6.07) is 0. The normalized spacial score (nSPS) is 15.3. The van der Waals surface area contributed by atoms with Gasteiger partial charge in [-0.2, -0.15) is 0 Å². The molecule has 0 unspecified atom stereocenters. The van der Waals surface area contributed by atoms with Crippen LogP contribution in [0.25, 0.3) is 0 Å². The van der Waals surface area contributed by atoms with Crippen molar-refractivity contribution >= 4 is 5.69 Å². The topological polar surface area (TPSA) is 41.1 Å². The maximum atomic E-state index is 4.75. The van der Waals surface area contributed by atoms with Crippen molar-refractivity contribution in [1.82, 2.24) is 15.3 Å². The number of nitrogens with zero attached hydrogens (tertiary/aromatic N) is 3. The summed E-state index contributed by atoms with van der Waals surface area (Å²) in [6.07, 6.45) is 7.56. The van der Waals surface area contributed by atoms with E-state index in [1.807, 2.05) is 6.20 Å². The number of hydrogen-bond donors (Lipinski definition) is 1. The Balaban J connectivity index is 2.26. The smallest absolute Gasteiger partial charge is 0.131 e. The number of rotatable bonds is 5. The predicted molar refractivity (Wildman–Crippen MR) is 79.5 cm³/mol. The van der Waals surface area contributed by atoms with Crippen molar-refractivity contribution < 1.29 is 0 Å². The lowest BCUT2D eigenvalue weighted by Gasteiger charge is -2.27. The summed E-state index contributed by atoms with van der Waals surface area (Å²) >= 11 is 0. The Bertz CT molecular complexity index is 440. The van der Waals surface area contributed by atoms with Gasteiger partial charge in [0.15, 0.2) is 0 Å². The van der Waals surface area contributed by atoms with E-state index in [9.17, 15) is 0 Å². The molecule has 0 saturated heterocycles. The predicted octanol–water partition coefficient (Wildman–Crippen LogP) is 2.48. The molecular weight excluding hydrogens is 236 g/mol. The first-order valence-corrected chi connectivity index (χ1v) is 7.18. The van der Waals surface area contributed by atoms with E-state index in [0.717, 1.165) is 44.1 Å². The Morgan fingerprint density at radius 1 is 1.37 bits per heavy atom. The van der Waals surface area contributed by atoms with Gasteiger partial charge in [0.05, 0.1) is 17.6 Å². The number of nitrogens with one attached hydrogen (secondary N) is 1. The molecule has 0 aliphatic carbocycles. The molecule has 0 fully saturated rings. The standard InChI is InChI=1S/C15H24N4/c1-4-16-10-13-14(19-8-6-5-7-9-19)11-17-15(18-13)12(2)3/h5-6,11-12,16H,4,7-10H2,1-3H3. The quantitative estimate of drug-likeness (QED) is 0.826. The lowest BCUT2D eigenvalue weighted by atomic mass is 10.1. The first-order chi connectivity index (χ1) is 9.22. The van der Waals surface area contributed by atoms with Gasteiger partial charge in [0.2, 0.25) is 0 Å². The van der Waals surface area contributed by atoms with Crippen LogP contribution in [-0.4, -0.2) is 29.6 Å². The summed E-state index contributed by atoms with van der Waals surface area (Å²) in [7, 11) is 0. The molecule has 4 heteroatoms. The van der Waals surface area contributed by atoms with Gasteiger partial charge in [0.1, 0.15) is 5.82 Å². The Kier molecular flexibility index (Phi) is 4.91. The Labute approximate surface area is 115 Å². The minimum Gasteiger partial charge on any atom is -0.365 e. The highest BCUT2D eigenvalue weighted by Gasteiger charge is 2.15. The van der Waals surface area contributed by atoms with Crippen molar-refractivity contribution in [3.63, 3.8) is 0 Å². The third-order valence-electron chi connectivity index (χ3n) is 3.32. The SMILES string of the molecule is CCNCc1nc(C(C)C)ncc1N1CC=CCC1. The maximum absolute atomic E-state index is 4.75. The van der Waals surface area contributed by atoms with Crippen LogP contribution in [0.2, 0.25) is 0 Å². The molecule has 1 aliphatic heterocycles. The number of anilines is 1. The highest BCUT2D eigenvalue weighted by atomic mass is 15.2. The highest BCUT2D eigenvalue weighted by molar-refractivity contribution is 5.50. The molecule has 0 bridgehead atoms. The molecule has 0 amide bonds. The molecule has 0 spiro atoms. The van der Waals surface area contributed by atoms with E-state index >= 15 is 0 Å². The van der Waals surface area contributed by atoms with Crippen LogP contribution in [-0.2, 0) is 6.54 Å². The van der Waals surface area contributed by atoms with Crippen molar-refractivity contribution in [1.29, 1.82) is 0 Å². The van der Waals surface area contributed by atoms with Crippen molar-refractivity contribution in [3.8, 4) is 0 Å². The second-order valence-electron chi connectivity index (χ2n) is 5.20. The molecule has 1 aromatic heterocycles. The molecule has 104 valence electrons. The van der Waals surface area contributed by atoms with Crippen LogP contribution >= 0.6 is 0 Å². The molecule has 19 heavy (non-hydrogen) atoms. The third kappa shape index (κ3) is 3.53. The highest BCUT2D eigenvalue weighted by Crippen LogP contribution is 2.22. The molecular formula is C15H24N4. The van der Waals surface area contributed by atoms with Crippen LogP contribution in [0.1, 0.15) is 44.6 Å². The Morgan fingerprint density at radius 2 is 2.21 bits per heavy atom. The van der Waals surface area contributed by atoms with Crippen LogP contribution in [0.4, 0.5) is 5.69 Å². The monoisotopic (exact) mass is 260 g/mol. The summed E-state index contributed by atoms with van der Waals surface area (Å²) < 4.78 is 0. The van der Waals surface area contributed by atoms with Crippen molar-refractivity contribution in [2.45, 2.75) is 39.7 Å². The van der Waals surface area contributed by atoms with Crippen LogP contribution in [0.15, 0.2) is 18.3 Å². The molecule has 1 aliphatic rings. The first kappa shape index (κ1) is 14.0. The minimum absolute atomic E-state index is 0.371. The first-order valence-electron chi connectivity index (χ1n) is 7.18. The zero-order valence-corrected chi connectivity index (χ0v) is 12.2. The van der Waals surface area contributed by atoms with Crippen LogP contribution in [0.3, 0.4) is 0 Å². The number of hydrogen-bond acceptors (Lipinski definition) is 4. The lowest BCUT2D eigenvalue weighted by Crippen LogP contribution is -2.29. The molecule has 0 atom stereocenters. The van der Waals surface area contributed by atoms with E-state index < -0.39 is 0 Å². The van der Waals surface area contributed by atoms with Gasteiger partial charge in [0.25, 0.3) is 0 Å². The van der Waals surface area contributed by atoms with E-state index in [1.54, 1.807) is 0 Å². The largest absolute Gasteiger partial charge is 0.365 e. The second-order valence-corrected chi connectivity index (χ2v) is 5.20. The van der Waals surface area contributed by atoms with E-state index in [4.69, 9.17) is 4.98 Å². The fraction of sp³-hybridized carbons (Fsp3) is 0.600. The summed E-state index contributed by atoms with van der Waals surface area (Å²) in [5.74, 6) is 1.31. The molecule has 1 N–H and O–H groups in total. The molecule has 1 aromatic rings. The van der Waals surface area contributed by atoms with E-state index in [0.29, 0.717) is 5.92 Å². The van der Waals surface area contributed by atoms with Crippen molar-refractivity contribution in [2.24, 2.45) is 0 Å². The zero-order chi connectivity index (χ0) is 13.7. The van der Waals surface area contributed by atoms with Crippen LogP contribution < -0.4 is 10.2 Å².